The van der Waals surface area contributed by atoms with Crippen LogP contribution in [0.15, 0.2) is 49.2 Å². The van der Waals surface area contributed by atoms with Gasteiger partial charge in [-0.1, -0.05) is 17.7 Å². The molecule has 0 atom stereocenters. The number of aryl methyl sites for hydroxylation is 2. The van der Waals surface area contributed by atoms with Crippen LogP contribution in [0.3, 0.4) is 0 Å². The van der Waals surface area contributed by atoms with E-state index in [1.165, 1.54) is 10.9 Å². The summed E-state index contributed by atoms with van der Waals surface area (Å²) in [5.41, 5.74) is 2.42. The molecule has 0 unspecified atom stereocenters. The Morgan fingerprint density at radius 1 is 1.23 bits per heavy atom. The summed E-state index contributed by atoms with van der Waals surface area (Å²) in [4.78, 5) is 13.1. The van der Waals surface area contributed by atoms with E-state index < -0.39 is 0 Å². The van der Waals surface area contributed by atoms with Crippen LogP contribution < -0.4 is 5.32 Å². The molecule has 0 fully saturated rings. The summed E-state index contributed by atoms with van der Waals surface area (Å²) in [6.07, 6.45) is 10.1. The molecule has 1 N–H and O–H groups in total. The maximum Gasteiger partial charge on any atom is 0.159 e. The summed E-state index contributed by atoms with van der Waals surface area (Å²) in [6.45, 7) is 2.71. The van der Waals surface area contributed by atoms with Crippen LogP contribution in [0.1, 0.15) is 11.4 Å². The summed E-state index contributed by atoms with van der Waals surface area (Å²) >= 11 is 6.11. The summed E-state index contributed by atoms with van der Waals surface area (Å²) < 4.78 is 4.02. The first-order valence-electron chi connectivity index (χ1n) is 8.41. The predicted molar refractivity (Wildman–Crippen MR) is 104 cm³/mol. The molecule has 3 heterocycles. The highest BCUT2D eigenvalue weighted by atomic mass is 35.5. The van der Waals surface area contributed by atoms with Crippen LogP contribution in [-0.2, 0) is 13.5 Å². The Labute approximate surface area is 156 Å². The van der Waals surface area contributed by atoms with Gasteiger partial charge in [0.2, 0.25) is 0 Å². The molecule has 0 saturated carbocycles. The maximum atomic E-state index is 6.11. The monoisotopic (exact) mass is 366 g/mol. The Kier molecular flexibility index (Phi) is 4.34. The van der Waals surface area contributed by atoms with Crippen molar-refractivity contribution < 1.29 is 0 Å². The number of hydrogen-bond acceptors (Lipinski definition) is 4. The van der Waals surface area contributed by atoms with Gasteiger partial charge in [-0.3, -0.25) is 9.55 Å². The average molecular weight is 367 g/mol. The third kappa shape index (κ3) is 3.15. The molecule has 7 heteroatoms. The molecule has 26 heavy (non-hydrogen) atoms. The number of aromatic nitrogens is 5. The van der Waals surface area contributed by atoms with Crippen LogP contribution in [-0.4, -0.2) is 30.6 Å². The van der Waals surface area contributed by atoms with E-state index in [-0.39, 0.29) is 0 Å². The minimum atomic E-state index is 0.749. The van der Waals surface area contributed by atoms with E-state index in [0.29, 0.717) is 0 Å². The van der Waals surface area contributed by atoms with E-state index in [1.54, 1.807) is 18.6 Å². The highest BCUT2D eigenvalue weighted by Crippen LogP contribution is 2.24. The van der Waals surface area contributed by atoms with Crippen molar-refractivity contribution in [2.45, 2.75) is 13.3 Å². The van der Waals surface area contributed by atoms with Crippen molar-refractivity contribution in [3.63, 3.8) is 0 Å². The number of anilines is 1. The van der Waals surface area contributed by atoms with Gasteiger partial charge in [-0.25, -0.2) is 9.97 Å². The van der Waals surface area contributed by atoms with E-state index in [2.05, 4.69) is 37.1 Å². The predicted octanol–water partition coefficient (Wildman–Crippen LogP) is 3.77. The van der Waals surface area contributed by atoms with Crippen molar-refractivity contribution in [3.8, 4) is 5.82 Å². The van der Waals surface area contributed by atoms with E-state index in [1.807, 2.05) is 36.9 Å². The quantitative estimate of drug-likeness (QED) is 0.584. The molecule has 0 aliphatic rings. The normalized spacial score (nSPS) is 11.2. The lowest BCUT2D eigenvalue weighted by atomic mass is 10.1. The van der Waals surface area contributed by atoms with Crippen LogP contribution in [0, 0.1) is 6.92 Å². The standard InChI is InChI=1S/C19H19ClN6/c1-13-22-7-8-26(13)19-11-21-10-18(24-19)23-6-5-14-12-25(2)17-9-15(20)3-4-16(14)17/h3-4,7-12H,5-6H2,1-2H3,(H,23,24). The molecule has 132 valence electrons. The van der Waals surface area contributed by atoms with Crippen molar-refractivity contribution in [3.05, 3.63) is 65.6 Å². The summed E-state index contributed by atoms with van der Waals surface area (Å²) in [7, 11) is 2.04. The summed E-state index contributed by atoms with van der Waals surface area (Å²) in [6, 6.07) is 6.01. The lowest BCUT2D eigenvalue weighted by Crippen LogP contribution is -2.08. The fourth-order valence-corrected chi connectivity index (χ4v) is 3.31. The SMILES string of the molecule is Cc1nccn1-c1cncc(NCCc2cn(C)c3cc(Cl)ccc23)n1. The Bertz CT molecular complexity index is 1070. The van der Waals surface area contributed by atoms with E-state index >= 15 is 0 Å². The molecule has 4 aromatic rings. The molecule has 1 aromatic carbocycles. The van der Waals surface area contributed by atoms with Crippen molar-refractivity contribution in [1.29, 1.82) is 0 Å². The van der Waals surface area contributed by atoms with Crippen LogP contribution >= 0.6 is 11.6 Å². The molecule has 6 nitrogen and oxygen atoms in total. The molecule has 0 aliphatic heterocycles. The zero-order valence-electron chi connectivity index (χ0n) is 14.6. The summed E-state index contributed by atoms with van der Waals surface area (Å²) in [5, 5.41) is 5.34. The molecule has 3 aromatic heterocycles. The molecular formula is C19H19ClN6. The molecular weight excluding hydrogens is 348 g/mol. The zero-order valence-corrected chi connectivity index (χ0v) is 15.4. The molecule has 0 aliphatic carbocycles. The molecule has 0 radical (unpaired) electrons. The number of hydrogen-bond donors (Lipinski definition) is 1. The van der Waals surface area contributed by atoms with Gasteiger partial charge in [0.05, 0.1) is 12.4 Å². The maximum absolute atomic E-state index is 6.11. The number of halogens is 1. The van der Waals surface area contributed by atoms with Crippen LogP contribution in [0.5, 0.6) is 0 Å². The van der Waals surface area contributed by atoms with Gasteiger partial charge in [-0.2, -0.15) is 0 Å². The van der Waals surface area contributed by atoms with E-state index in [0.717, 1.165) is 41.0 Å². The van der Waals surface area contributed by atoms with Crippen LogP contribution in [0.25, 0.3) is 16.7 Å². The van der Waals surface area contributed by atoms with Crippen LogP contribution in [0.4, 0.5) is 5.82 Å². The fraction of sp³-hybridized carbons (Fsp3) is 0.211. The van der Waals surface area contributed by atoms with Crippen molar-refractivity contribution >= 4 is 28.3 Å². The Balaban J connectivity index is 1.48. The lowest BCUT2D eigenvalue weighted by molar-refractivity contribution is 0.909. The highest BCUT2D eigenvalue weighted by molar-refractivity contribution is 6.31. The highest BCUT2D eigenvalue weighted by Gasteiger charge is 2.08. The molecule has 0 amide bonds. The van der Waals surface area contributed by atoms with Crippen molar-refractivity contribution in [1.82, 2.24) is 24.1 Å². The van der Waals surface area contributed by atoms with E-state index in [4.69, 9.17) is 11.6 Å². The fourth-order valence-electron chi connectivity index (χ4n) is 3.14. The number of imidazole rings is 1. The largest absolute Gasteiger partial charge is 0.368 e. The second-order valence-electron chi connectivity index (χ2n) is 6.21. The first-order chi connectivity index (χ1) is 12.6. The third-order valence-corrected chi connectivity index (χ3v) is 4.67. The van der Waals surface area contributed by atoms with Crippen molar-refractivity contribution in [2.75, 3.05) is 11.9 Å². The molecule has 0 saturated heterocycles. The second kappa shape index (κ2) is 6.80. The van der Waals surface area contributed by atoms with Gasteiger partial charge in [-0.15, -0.1) is 0 Å². The summed E-state index contributed by atoms with van der Waals surface area (Å²) in [5.74, 6) is 2.38. The lowest BCUT2D eigenvalue weighted by Gasteiger charge is -2.08. The van der Waals surface area contributed by atoms with Crippen LogP contribution in [0.2, 0.25) is 5.02 Å². The molecule has 0 spiro atoms. The zero-order chi connectivity index (χ0) is 18.1. The molecule has 0 bridgehead atoms. The first kappa shape index (κ1) is 16.6. The average Bonchev–Trinajstić information content (AvgIpc) is 3.19. The first-order valence-corrected chi connectivity index (χ1v) is 8.79. The minimum absolute atomic E-state index is 0.749. The Morgan fingerprint density at radius 3 is 2.92 bits per heavy atom. The van der Waals surface area contributed by atoms with Gasteiger partial charge in [0.1, 0.15) is 11.6 Å². The van der Waals surface area contributed by atoms with Gasteiger partial charge in [0.15, 0.2) is 5.82 Å². The number of nitrogens with one attached hydrogen (secondary N) is 1. The van der Waals surface area contributed by atoms with Crippen molar-refractivity contribution in [2.24, 2.45) is 7.05 Å². The van der Waals surface area contributed by atoms with E-state index in [9.17, 15) is 0 Å². The number of benzene rings is 1. The van der Waals surface area contributed by atoms with Gasteiger partial charge >= 0.3 is 0 Å². The topological polar surface area (TPSA) is 60.6 Å². The minimum Gasteiger partial charge on any atom is -0.368 e. The number of fused-ring (bicyclic) bond motifs is 1. The number of rotatable bonds is 5. The van der Waals surface area contributed by atoms with Gasteiger partial charge in [-0.05, 0) is 31.0 Å². The smallest absolute Gasteiger partial charge is 0.159 e. The van der Waals surface area contributed by atoms with Gasteiger partial charge in [0.25, 0.3) is 0 Å². The van der Waals surface area contributed by atoms with Gasteiger partial charge in [0, 0.05) is 48.1 Å². The van der Waals surface area contributed by atoms with Gasteiger partial charge < -0.3 is 9.88 Å². The third-order valence-electron chi connectivity index (χ3n) is 4.43. The second-order valence-corrected chi connectivity index (χ2v) is 6.65. The molecule has 4 rings (SSSR count). The Hall–Kier alpha value is -2.86. The Morgan fingerprint density at radius 2 is 2.12 bits per heavy atom. The number of nitrogens with zero attached hydrogens (tertiary/aromatic N) is 5.